The Kier molecular flexibility index (Phi) is 6.20. The summed E-state index contributed by atoms with van der Waals surface area (Å²) in [6.07, 6.45) is -2.83. The molecular formula is C15H21F3N2O. The second-order valence-electron chi connectivity index (χ2n) is 4.83. The minimum absolute atomic E-state index is 0.0448. The van der Waals surface area contributed by atoms with E-state index in [0.29, 0.717) is 13.1 Å². The zero-order chi connectivity index (χ0) is 16.0. The first-order chi connectivity index (χ1) is 9.85. The lowest BCUT2D eigenvalue weighted by atomic mass is 10.1. The largest absolute Gasteiger partial charge is 0.416 e. The Labute approximate surface area is 122 Å². The molecule has 0 radical (unpaired) electrons. The predicted molar refractivity (Wildman–Crippen MR) is 75.9 cm³/mol. The lowest BCUT2D eigenvalue weighted by molar-refractivity contribution is -0.137. The SMILES string of the molecule is CCC(CC)N(CCN)C(=O)c1ccc(C(F)(F)F)cc1. The molecular weight excluding hydrogens is 281 g/mol. The molecule has 2 N–H and O–H groups in total. The van der Waals surface area contributed by atoms with Gasteiger partial charge >= 0.3 is 6.18 Å². The quantitative estimate of drug-likeness (QED) is 0.876. The fourth-order valence-corrected chi connectivity index (χ4v) is 2.29. The number of hydrogen-bond donors (Lipinski definition) is 1. The van der Waals surface area contributed by atoms with Crippen molar-refractivity contribution in [2.45, 2.75) is 38.9 Å². The second kappa shape index (κ2) is 7.45. The molecule has 0 aliphatic heterocycles. The van der Waals surface area contributed by atoms with E-state index in [1.54, 1.807) is 4.90 Å². The Balaban J connectivity index is 2.98. The molecule has 0 aliphatic carbocycles. The topological polar surface area (TPSA) is 46.3 Å². The summed E-state index contributed by atoms with van der Waals surface area (Å²) >= 11 is 0. The van der Waals surface area contributed by atoms with Gasteiger partial charge in [-0.15, -0.1) is 0 Å². The first kappa shape index (κ1) is 17.5. The van der Waals surface area contributed by atoms with Crippen LogP contribution in [0.3, 0.4) is 0 Å². The van der Waals surface area contributed by atoms with E-state index < -0.39 is 11.7 Å². The van der Waals surface area contributed by atoms with Gasteiger partial charge in [-0.25, -0.2) is 0 Å². The van der Waals surface area contributed by atoms with Gasteiger partial charge in [-0.3, -0.25) is 4.79 Å². The average Bonchev–Trinajstić information content (AvgIpc) is 2.46. The Bertz CT molecular complexity index is 453. The molecule has 0 saturated carbocycles. The molecule has 21 heavy (non-hydrogen) atoms. The van der Waals surface area contributed by atoms with Gasteiger partial charge < -0.3 is 10.6 Å². The van der Waals surface area contributed by atoms with Crippen molar-refractivity contribution in [3.8, 4) is 0 Å². The molecule has 0 unspecified atom stereocenters. The molecule has 118 valence electrons. The minimum atomic E-state index is -4.39. The van der Waals surface area contributed by atoms with Crippen molar-refractivity contribution in [1.29, 1.82) is 0 Å². The van der Waals surface area contributed by atoms with Crippen LogP contribution < -0.4 is 5.73 Å². The van der Waals surface area contributed by atoms with Gasteiger partial charge in [0, 0.05) is 24.7 Å². The first-order valence-electron chi connectivity index (χ1n) is 7.03. The van der Waals surface area contributed by atoms with Crippen molar-refractivity contribution in [3.63, 3.8) is 0 Å². The van der Waals surface area contributed by atoms with Crippen LogP contribution in [-0.2, 0) is 6.18 Å². The Morgan fingerprint density at radius 3 is 2.10 bits per heavy atom. The third kappa shape index (κ3) is 4.46. The van der Waals surface area contributed by atoms with Crippen LogP contribution in [0.15, 0.2) is 24.3 Å². The lowest BCUT2D eigenvalue weighted by Gasteiger charge is -2.30. The molecule has 6 heteroatoms. The summed E-state index contributed by atoms with van der Waals surface area (Å²) in [4.78, 5) is 14.1. The summed E-state index contributed by atoms with van der Waals surface area (Å²) in [7, 11) is 0. The number of alkyl halides is 3. The van der Waals surface area contributed by atoms with Crippen molar-refractivity contribution < 1.29 is 18.0 Å². The number of carbonyl (C=O) groups is 1. The number of nitrogens with two attached hydrogens (primary N) is 1. The van der Waals surface area contributed by atoms with Crippen LogP contribution in [0.2, 0.25) is 0 Å². The van der Waals surface area contributed by atoms with Gasteiger partial charge in [0.05, 0.1) is 5.56 Å². The van der Waals surface area contributed by atoms with E-state index in [2.05, 4.69) is 0 Å². The molecule has 1 aromatic carbocycles. The van der Waals surface area contributed by atoms with E-state index in [1.165, 1.54) is 12.1 Å². The predicted octanol–water partition coefficient (Wildman–Crippen LogP) is 3.29. The smallest absolute Gasteiger partial charge is 0.334 e. The number of amides is 1. The highest BCUT2D eigenvalue weighted by atomic mass is 19.4. The van der Waals surface area contributed by atoms with Crippen LogP contribution in [0.4, 0.5) is 13.2 Å². The minimum Gasteiger partial charge on any atom is -0.334 e. The van der Waals surface area contributed by atoms with Gasteiger partial charge in [0.25, 0.3) is 5.91 Å². The Morgan fingerprint density at radius 2 is 1.71 bits per heavy atom. The van der Waals surface area contributed by atoms with Crippen LogP contribution in [-0.4, -0.2) is 29.9 Å². The molecule has 3 nitrogen and oxygen atoms in total. The van der Waals surface area contributed by atoms with Crippen LogP contribution in [0.25, 0.3) is 0 Å². The van der Waals surface area contributed by atoms with E-state index in [4.69, 9.17) is 5.73 Å². The van der Waals surface area contributed by atoms with Crippen LogP contribution >= 0.6 is 0 Å². The van der Waals surface area contributed by atoms with E-state index >= 15 is 0 Å². The molecule has 1 aromatic rings. The van der Waals surface area contributed by atoms with E-state index in [-0.39, 0.29) is 17.5 Å². The zero-order valence-corrected chi connectivity index (χ0v) is 12.3. The molecule has 0 fully saturated rings. The van der Waals surface area contributed by atoms with Gasteiger partial charge in [0.2, 0.25) is 0 Å². The molecule has 0 aromatic heterocycles. The van der Waals surface area contributed by atoms with Crippen molar-refractivity contribution in [1.82, 2.24) is 4.90 Å². The molecule has 1 rings (SSSR count). The summed E-state index contributed by atoms with van der Waals surface area (Å²) in [5, 5.41) is 0. The van der Waals surface area contributed by atoms with E-state index in [0.717, 1.165) is 25.0 Å². The fraction of sp³-hybridized carbons (Fsp3) is 0.533. The first-order valence-corrected chi connectivity index (χ1v) is 7.03. The highest BCUT2D eigenvalue weighted by Crippen LogP contribution is 2.29. The number of nitrogens with zero attached hydrogens (tertiary/aromatic N) is 1. The van der Waals surface area contributed by atoms with Gasteiger partial charge in [-0.2, -0.15) is 13.2 Å². The van der Waals surface area contributed by atoms with Crippen molar-refractivity contribution in [2.24, 2.45) is 5.73 Å². The fourth-order valence-electron chi connectivity index (χ4n) is 2.29. The van der Waals surface area contributed by atoms with Gasteiger partial charge in [0.1, 0.15) is 0 Å². The zero-order valence-electron chi connectivity index (χ0n) is 12.3. The summed E-state index contributed by atoms with van der Waals surface area (Å²) in [6.45, 7) is 4.66. The monoisotopic (exact) mass is 302 g/mol. The lowest BCUT2D eigenvalue weighted by Crippen LogP contribution is -2.42. The summed E-state index contributed by atoms with van der Waals surface area (Å²) in [6, 6.07) is 4.35. The molecule has 1 amide bonds. The third-order valence-electron chi connectivity index (χ3n) is 3.47. The van der Waals surface area contributed by atoms with Crippen LogP contribution in [0.1, 0.15) is 42.6 Å². The van der Waals surface area contributed by atoms with Gasteiger partial charge in [-0.1, -0.05) is 13.8 Å². The maximum Gasteiger partial charge on any atom is 0.416 e. The summed E-state index contributed by atoms with van der Waals surface area (Å²) < 4.78 is 37.6. The van der Waals surface area contributed by atoms with E-state index in [9.17, 15) is 18.0 Å². The van der Waals surface area contributed by atoms with E-state index in [1.807, 2.05) is 13.8 Å². The second-order valence-corrected chi connectivity index (χ2v) is 4.83. The van der Waals surface area contributed by atoms with Crippen LogP contribution in [0, 0.1) is 0 Å². The molecule has 0 saturated heterocycles. The van der Waals surface area contributed by atoms with Crippen LogP contribution in [0.5, 0.6) is 0 Å². The Morgan fingerprint density at radius 1 is 1.19 bits per heavy atom. The number of benzene rings is 1. The molecule has 0 spiro atoms. The molecule has 0 heterocycles. The maximum absolute atomic E-state index is 12.5. The highest BCUT2D eigenvalue weighted by molar-refractivity contribution is 5.94. The van der Waals surface area contributed by atoms with Gasteiger partial charge in [-0.05, 0) is 37.1 Å². The molecule has 0 aliphatic rings. The normalized spacial score (nSPS) is 11.8. The Hall–Kier alpha value is -1.56. The maximum atomic E-state index is 12.5. The summed E-state index contributed by atoms with van der Waals surface area (Å²) in [5.74, 6) is -0.275. The van der Waals surface area contributed by atoms with Gasteiger partial charge in [0.15, 0.2) is 0 Å². The van der Waals surface area contributed by atoms with Crippen molar-refractivity contribution in [2.75, 3.05) is 13.1 Å². The number of carbonyl (C=O) groups excluding carboxylic acids is 1. The highest BCUT2D eigenvalue weighted by Gasteiger charge is 2.30. The number of rotatable bonds is 6. The van der Waals surface area contributed by atoms with Crippen molar-refractivity contribution >= 4 is 5.91 Å². The third-order valence-corrected chi connectivity index (χ3v) is 3.47. The standard InChI is InChI=1S/C15H21F3N2O/c1-3-13(4-2)20(10-9-19)14(21)11-5-7-12(8-6-11)15(16,17)18/h5-8,13H,3-4,9-10,19H2,1-2H3. The van der Waals surface area contributed by atoms with Crippen molar-refractivity contribution in [3.05, 3.63) is 35.4 Å². The number of hydrogen-bond acceptors (Lipinski definition) is 2. The molecule has 0 atom stereocenters. The number of halogens is 3. The average molecular weight is 302 g/mol. The summed E-state index contributed by atoms with van der Waals surface area (Å²) in [5.41, 5.74) is 5.03. The molecule has 0 bridgehead atoms.